The van der Waals surface area contributed by atoms with Gasteiger partial charge in [0.2, 0.25) is 0 Å². The summed E-state index contributed by atoms with van der Waals surface area (Å²) >= 11 is 4.02. The number of hydrogen-bond acceptors (Lipinski definition) is 4. The maximum absolute atomic E-state index is 11.8. The molecule has 5 nitrogen and oxygen atoms in total. The topological polar surface area (TPSA) is 77.5 Å². The number of H-pyrrole nitrogens is 1. The van der Waals surface area contributed by atoms with Crippen LogP contribution >= 0.6 is 12.6 Å². The highest BCUT2D eigenvalue weighted by Crippen LogP contribution is 2.17. The number of oxime groups is 1. The molecule has 1 aromatic carbocycles. The zero-order valence-corrected chi connectivity index (χ0v) is 12.1. The first-order valence-electron chi connectivity index (χ1n) is 6.32. The van der Waals surface area contributed by atoms with Crippen molar-refractivity contribution in [2.45, 2.75) is 6.42 Å². The molecule has 1 heterocycles. The molecule has 0 saturated heterocycles. The summed E-state index contributed by atoms with van der Waals surface area (Å²) in [7, 11) is 2.02. The number of nitrogens with one attached hydrogen (secondary N) is 2. The summed E-state index contributed by atoms with van der Waals surface area (Å²) in [5, 5.41) is 15.8. The molecule has 2 rings (SSSR count). The number of amides is 1. The standard InChI is InChI=1S/C13H16BN3O2S/c14-9-1-2-10-8(7-16-11(10)6-9)5-12(17-19)13(18)15-3-4-20/h1-2,6-7,16,19-20H,3-5,14H2,(H,15,18)/b17-12+. The minimum atomic E-state index is -0.372. The largest absolute Gasteiger partial charge is 0.410 e. The molecule has 0 atom stereocenters. The molecule has 2 aromatic rings. The van der Waals surface area contributed by atoms with E-state index in [1.807, 2.05) is 32.2 Å². The van der Waals surface area contributed by atoms with Crippen LogP contribution in [0.1, 0.15) is 5.56 Å². The number of fused-ring (bicyclic) bond motifs is 1. The molecule has 0 bridgehead atoms. The molecule has 0 radical (unpaired) electrons. The van der Waals surface area contributed by atoms with Gasteiger partial charge in [0.1, 0.15) is 13.6 Å². The van der Waals surface area contributed by atoms with Crippen molar-refractivity contribution in [1.82, 2.24) is 10.3 Å². The molecule has 104 valence electrons. The van der Waals surface area contributed by atoms with Gasteiger partial charge in [-0.15, -0.1) is 0 Å². The average Bonchev–Trinajstić information content (AvgIpc) is 2.84. The smallest absolute Gasteiger partial charge is 0.269 e. The third-order valence-corrected chi connectivity index (χ3v) is 3.28. The number of hydrogen-bond donors (Lipinski definition) is 4. The molecule has 1 amide bonds. The van der Waals surface area contributed by atoms with E-state index in [1.165, 1.54) is 0 Å². The van der Waals surface area contributed by atoms with Gasteiger partial charge in [0.15, 0.2) is 0 Å². The normalized spacial score (nSPS) is 11.8. The molecular formula is C13H16BN3O2S. The van der Waals surface area contributed by atoms with Crippen LogP contribution in [0, 0.1) is 0 Å². The molecular weight excluding hydrogens is 273 g/mol. The third-order valence-electron chi connectivity index (χ3n) is 3.06. The predicted molar refractivity (Wildman–Crippen MR) is 86.3 cm³/mol. The Kier molecular flexibility index (Phi) is 4.73. The van der Waals surface area contributed by atoms with Crippen LogP contribution in [0.4, 0.5) is 0 Å². The van der Waals surface area contributed by atoms with Crippen molar-refractivity contribution >= 4 is 48.5 Å². The molecule has 1 aromatic heterocycles. The summed E-state index contributed by atoms with van der Waals surface area (Å²) in [6.07, 6.45) is 2.11. The van der Waals surface area contributed by atoms with Gasteiger partial charge in [-0.05, 0) is 11.6 Å². The Labute approximate surface area is 123 Å². The van der Waals surface area contributed by atoms with Gasteiger partial charge < -0.3 is 15.5 Å². The first-order chi connectivity index (χ1) is 9.65. The summed E-state index contributed by atoms with van der Waals surface area (Å²) in [5.74, 6) is 0.166. The van der Waals surface area contributed by atoms with Crippen molar-refractivity contribution in [3.63, 3.8) is 0 Å². The predicted octanol–water partition coefficient (Wildman–Crippen LogP) is -0.155. The molecule has 0 unspecified atom stereocenters. The highest BCUT2D eigenvalue weighted by molar-refractivity contribution is 7.80. The average molecular weight is 289 g/mol. The molecule has 3 N–H and O–H groups in total. The first kappa shape index (κ1) is 14.5. The highest BCUT2D eigenvalue weighted by Gasteiger charge is 2.14. The van der Waals surface area contributed by atoms with Crippen LogP contribution in [0.2, 0.25) is 0 Å². The molecule has 0 aliphatic carbocycles. The lowest BCUT2D eigenvalue weighted by atomic mass is 9.94. The molecule has 0 saturated carbocycles. The Morgan fingerprint density at radius 3 is 3.00 bits per heavy atom. The van der Waals surface area contributed by atoms with Gasteiger partial charge in [0, 0.05) is 35.8 Å². The molecule has 7 heteroatoms. The number of carbonyl (C=O) groups is 1. The highest BCUT2D eigenvalue weighted by atomic mass is 32.1. The van der Waals surface area contributed by atoms with Gasteiger partial charge in [-0.2, -0.15) is 12.6 Å². The summed E-state index contributed by atoms with van der Waals surface area (Å²) in [5.41, 5.74) is 3.18. The number of aromatic amines is 1. The number of aromatic nitrogens is 1. The quantitative estimate of drug-likeness (QED) is 0.203. The fourth-order valence-corrected chi connectivity index (χ4v) is 2.17. The van der Waals surface area contributed by atoms with Crippen LogP contribution in [0.3, 0.4) is 0 Å². The van der Waals surface area contributed by atoms with Gasteiger partial charge in [-0.25, -0.2) is 0 Å². The number of rotatable bonds is 5. The molecule has 20 heavy (non-hydrogen) atoms. The van der Waals surface area contributed by atoms with Crippen LogP contribution in [-0.2, 0) is 11.2 Å². The maximum Gasteiger partial charge on any atom is 0.269 e. The Morgan fingerprint density at radius 2 is 2.30 bits per heavy atom. The summed E-state index contributed by atoms with van der Waals surface area (Å²) < 4.78 is 0. The van der Waals surface area contributed by atoms with E-state index in [4.69, 9.17) is 5.21 Å². The van der Waals surface area contributed by atoms with Gasteiger partial charge in [0.25, 0.3) is 5.91 Å². The second-order valence-electron chi connectivity index (χ2n) is 4.57. The minimum Gasteiger partial charge on any atom is -0.410 e. The van der Waals surface area contributed by atoms with E-state index < -0.39 is 0 Å². The maximum atomic E-state index is 11.8. The fourth-order valence-electron chi connectivity index (χ4n) is 2.06. The Bertz CT molecular complexity index is 654. The second-order valence-corrected chi connectivity index (χ2v) is 5.01. The van der Waals surface area contributed by atoms with Crippen molar-refractivity contribution < 1.29 is 10.0 Å². The summed E-state index contributed by atoms with van der Waals surface area (Å²) in [4.78, 5) is 15.0. The Hall–Kier alpha value is -1.89. The van der Waals surface area contributed by atoms with Crippen molar-refractivity contribution in [3.05, 3.63) is 30.0 Å². The van der Waals surface area contributed by atoms with Crippen LogP contribution in [0.5, 0.6) is 0 Å². The number of benzene rings is 1. The van der Waals surface area contributed by atoms with Gasteiger partial charge in [-0.1, -0.05) is 22.8 Å². The summed E-state index contributed by atoms with van der Waals surface area (Å²) in [6.45, 7) is 0.439. The van der Waals surface area contributed by atoms with Crippen molar-refractivity contribution in [2.75, 3.05) is 12.3 Å². The zero-order chi connectivity index (χ0) is 14.5. The SMILES string of the molecule is Bc1ccc2c(C/C(=N\O)C(=O)NCCS)c[nH]c2c1. The van der Waals surface area contributed by atoms with Crippen molar-refractivity contribution in [3.8, 4) is 0 Å². The Morgan fingerprint density at radius 1 is 1.50 bits per heavy atom. The van der Waals surface area contributed by atoms with Crippen molar-refractivity contribution in [1.29, 1.82) is 0 Å². The van der Waals surface area contributed by atoms with Gasteiger partial charge in [0.05, 0.1) is 0 Å². The van der Waals surface area contributed by atoms with E-state index in [0.717, 1.165) is 21.9 Å². The van der Waals surface area contributed by atoms with E-state index in [0.29, 0.717) is 12.3 Å². The lowest BCUT2D eigenvalue weighted by Crippen LogP contribution is -2.33. The monoisotopic (exact) mass is 289 g/mol. The lowest BCUT2D eigenvalue weighted by Gasteiger charge is -2.05. The van der Waals surface area contributed by atoms with E-state index >= 15 is 0 Å². The molecule has 0 aliphatic heterocycles. The first-order valence-corrected chi connectivity index (χ1v) is 6.95. The number of carbonyl (C=O) groups excluding carboxylic acids is 1. The van der Waals surface area contributed by atoms with E-state index in [2.05, 4.69) is 28.1 Å². The fraction of sp³-hybridized carbons (Fsp3) is 0.231. The number of thiol groups is 1. The van der Waals surface area contributed by atoms with Crippen LogP contribution < -0.4 is 10.8 Å². The molecule has 0 spiro atoms. The molecule has 0 aliphatic rings. The molecule has 0 fully saturated rings. The van der Waals surface area contributed by atoms with Crippen LogP contribution in [-0.4, -0.2) is 42.0 Å². The van der Waals surface area contributed by atoms with E-state index in [-0.39, 0.29) is 18.0 Å². The third kappa shape index (κ3) is 3.16. The summed E-state index contributed by atoms with van der Waals surface area (Å²) in [6, 6.07) is 6.04. The van der Waals surface area contributed by atoms with E-state index in [9.17, 15) is 4.79 Å². The van der Waals surface area contributed by atoms with Gasteiger partial charge >= 0.3 is 0 Å². The van der Waals surface area contributed by atoms with E-state index in [1.54, 1.807) is 0 Å². The minimum absolute atomic E-state index is 0.0910. The van der Waals surface area contributed by atoms with Crippen molar-refractivity contribution in [2.24, 2.45) is 5.16 Å². The van der Waals surface area contributed by atoms with Gasteiger partial charge in [-0.3, -0.25) is 4.79 Å². The Balaban J connectivity index is 2.20. The zero-order valence-electron chi connectivity index (χ0n) is 11.2. The number of nitrogens with zero attached hydrogens (tertiary/aromatic N) is 1. The lowest BCUT2D eigenvalue weighted by molar-refractivity contribution is -0.114. The van der Waals surface area contributed by atoms with Crippen LogP contribution in [0.25, 0.3) is 10.9 Å². The second kappa shape index (κ2) is 6.52. The van der Waals surface area contributed by atoms with Crippen LogP contribution in [0.15, 0.2) is 29.6 Å².